The van der Waals surface area contributed by atoms with E-state index in [-0.39, 0.29) is 11.5 Å². The molecular weight excluding hydrogens is 356 g/mol. The quantitative estimate of drug-likeness (QED) is 0.692. The molecule has 1 saturated heterocycles. The molecule has 3 heterocycles. The van der Waals surface area contributed by atoms with Crippen molar-refractivity contribution in [2.24, 2.45) is 7.05 Å². The second kappa shape index (κ2) is 7.50. The molecule has 0 spiro atoms. The first-order valence-electron chi connectivity index (χ1n) is 9.60. The van der Waals surface area contributed by atoms with Crippen LogP contribution in [0.5, 0.6) is 0 Å². The minimum atomic E-state index is -0.130. The van der Waals surface area contributed by atoms with Gasteiger partial charge < -0.3 is 14.2 Å². The van der Waals surface area contributed by atoms with Crippen LogP contribution in [-0.2, 0) is 24.7 Å². The van der Waals surface area contributed by atoms with Gasteiger partial charge in [0.05, 0.1) is 24.6 Å². The van der Waals surface area contributed by atoms with E-state index in [2.05, 4.69) is 29.1 Å². The van der Waals surface area contributed by atoms with Crippen LogP contribution in [0.25, 0.3) is 11.0 Å². The Labute approximate surface area is 163 Å². The zero-order chi connectivity index (χ0) is 19.7. The first-order chi connectivity index (χ1) is 13.5. The summed E-state index contributed by atoms with van der Waals surface area (Å²) in [7, 11) is 1.63. The third-order valence-corrected chi connectivity index (χ3v) is 5.42. The van der Waals surface area contributed by atoms with Crippen molar-refractivity contribution in [3.63, 3.8) is 0 Å². The molecule has 1 fully saturated rings. The topological polar surface area (TPSA) is 71.6 Å². The molecule has 2 aromatic heterocycles. The number of piperazine rings is 1. The van der Waals surface area contributed by atoms with Crippen LogP contribution < -0.4 is 10.5 Å². The van der Waals surface area contributed by atoms with Gasteiger partial charge in [0.1, 0.15) is 5.58 Å². The molecule has 28 heavy (non-hydrogen) atoms. The predicted octanol–water partition coefficient (Wildman–Crippen LogP) is 1.98. The number of carbonyl (C=O) groups is 1. The number of amides is 1. The van der Waals surface area contributed by atoms with Gasteiger partial charge >= 0.3 is 0 Å². The van der Waals surface area contributed by atoms with Gasteiger partial charge in [-0.3, -0.25) is 9.59 Å². The summed E-state index contributed by atoms with van der Waals surface area (Å²) in [5.41, 5.74) is 3.67. The maximum absolute atomic E-state index is 12.8. The number of hydrogen-bond acceptors (Lipinski definition) is 5. The molecule has 1 amide bonds. The lowest BCUT2D eigenvalue weighted by Crippen LogP contribution is -2.49. The number of nitrogens with zero attached hydrogens (tertiary/aromatic N) is 4. The Kier molecular flexibility index (Phi) is 4.90. The predicted molar refractivity (Wildman–Crippen MR) is 108 cm³/mol. The van der Waals surface area contributed by atoms with Crippen LogP contribution in [0.4, 0.5) is 5.69 Å². The third kappa shape index (κ3) is 3.52. The molecule has 7 nitrogen and oxygen atoms in total. The lowest BCUT2D eigenvalue weighted by atomic mass is 10.1. The van der Waals surface area contributed by atoms with Gasteiger partial charge in [0.25, 0.3) is 5.56 Å². The number of hydrogen-bond donors (Lipinski definition) is 0. The Balaban J connectivity index is 1.42. The summed E-state index contributed by atoms with van der Waals surface area (Å²) >= 11 is 0. The van der Waals surface area contributed by atoms with E-state index in [1.54, 1.807) is 25.6 Å². The summed E-state index contributed by atoms with van der Waals surface area (Å²) in [5.74, 6) is 0.103. The molecule has 3 aromatic rings. The van der Waals surface area contributed by atoms with Crippen LogP contribution in [0.1, 0.15) is 18.1 Å². The fourth-order valence-electron chi connectivity index (χ4n) is 3.61. The lowest BCUT2D eigenvalue weighted by molar-refractivity contribution is -0.130. The normalized spacial score (nSPS) is 14.6. The summed E-state index contributed by atoms with van der Waals surface area (Å²) in [6.45, 7) is 4.75. The van der Waals surface area contributed by atoms with Crippen molar-refractivity contribution in [3.8, 4) is 0 Å². The number of benzene rings is 1. The molecule has 146 valence electrons. The van der Waals surface area contributed by atoms with Crippen LogP contribution in [-0.4, -0.2) is 46.8 Å². The first-order valence-corrected chi connectivity index (χ1v) is 9.60. The maximum atomic E-state index is 12.8. The van der Waals surface area contributed by atoms with Gasteiger partial charge in [0, 0.05) is 50.2 Å². The fourth-order valence-corrected chi connectivity index (χ4v) is 3.61. The minimum absolute atomic E-state index is 0.103. The van der Waals surface area contributed by atoms with E-state index >= 15 is 0 Å². The van der Waals surface area contributed by atoms with Crippen LogP contribution in [0.2, 0.25) is 0 Å². The average Bonchev–Trinajstić information content (AvgIpc) is 3.12. The highest BCUT2D eigenvalue weighted by Gasteiger charge is 2.23. The van der Waals surface area contributed by atoms with Crippen LogP contribution >= 0.6 is 0 Å². The van der Waals surface area contributed by atoms with Crippen molar-refractivity contribution in [2.45, 2.75) is 19.8 Å². The van der Waals surface area contributed by atoms with Gasteiger partial charge in [-0.15, -0.1) is 0 Å². The lowest BCUT2D eigenvalue weighted by Gasteiger charge is -2.35. The first kappa shape index (κ1) is 18.3. The summed E-state index contributed by atoms with van der Waals surface area (Å²) in [6.07, 6.45) is 4.69. The Bertz CT molecular complexity index is 1060. The number of aromatic nitrogens is 2. The zero-order valence-electron chi connectivity index (χ0n) is 16.2. The standard InChI is InChI=1S/C21H24N4O3/c1-3-15-4-5-19-18(10-15)16(14-28-19)11-21(27)25-8-6-24(7-9-25)17-12-20(26)23(2)22-13-17/h4-5,10,12-14H,3,6-9,11H2,1-2H3. The highest BCUT2D eigenvalue weighted by atomic mass is 16.3. The van der Waals surface area contributed by atoms with E-state index in [0.29, 0.717) is 32.6 Å². The summed E-state index contributed by atoms with van der Waals surface area (Å²) < 4.78 is 6.92. The summed E-state index contributed by atoms with van der Waals surface area (Å²) in [6, 6.07) is 7.73. The molecule has 1 aromatic carbocycles. The van der Waals surface area contributed by atoms with Crippen molar-refractivity contribution < 1.29 is 9.21 Å². The second-order valence-corrected chi connectivity index (χ2v) is 7.17. The minimum Gasteiger partial charge on any atom is -0.464 e. The number of furan rings is 1. The van der Waals surface area contributed by atoms with Crippen LogP contribution in [0, 0.1) is 0 Å². The smallest absolute Gasteiger partial charge is 0.268 e. The maximum Gasteiger partial charge on any atom is 0.268 e. The molecule has 0 aliphatic carbocycles. The molecule has 1 aliphatic heterocycles. The Morgan fingerprint density at radius 3 is 2.68 bits per heavy atom. The Hall–Kier alpha value is -3.09. The molecule has 4 rings (SSSR count). The molecule has 0 saturated carbocycles. The van der Waals surface area contributed by atoms with Crippen LogP contribution in [0.15, 0.2) is 45.9 Å². The second-order valence-electron chi connectivity index (χ2n) is 7.17. The molecule has 0 radical (unpaired) electrons. The molecule has 1 aliphatic rings. The number of aryl methyl sites for hydroxylation is 2. The van der Waals surface area contributed by atoms with E-state index in [1.807, 2.05) is 11.0 Å². The Morgan fingerprint density at radius 2 is 1.96 bits per heavy atom. The Morgan fingerprint density at radius 1 is 1.18 bits per heavy atom. The van der Waals surface area contributed by atoms with Crippen LogP contribution in [0.3, 0.4) is 0 Å². The molecule has 0 N–H and O–H groups in total. The molecule has 0 atom stereocenters. The van der Waals surface area contributed by atoms with Crippen molar-refractivity contribution in [1.29, 1.82) is 0 Å². The van der Waals surface area contributed by atoms with E-state index in [1.165, 1.54) is 10.2 Å². The van der Waals surface area contributed by atoms with E-state index in [9.17, 15) is 9.59 Å². The summed E-state index contributed by atoms with van der Waals surface area (Å²) in [5, 5.41) is 5.10. The number of carbonyl (C=O) groups excluding carboxylic acids is 1. The summed E-state index contributed by atoms with van der Waals surface area (Å²) in [4.78, 5) is 28.6. The van der Waals surface area contributed by atoms with Gasteiger partial charge in [0.2, 0.25) is 5.91 Å². The molecular formula is C21H24N4O3. The largest absolute Gasteiger partial charge is 0.464 e. The number of fused-ring (bicyclic) bond motifs is 1. The van der Waals surface area contributed by atoms with E-state index < -0.39 is 0 Å². The monoisotopic (exact) mass is 380 g/mol. The highest BCUT2D eigenvalue weighted by molar-refractivity contribution is 5.88. The molecule has 7 heteroatoms. The van der Waals surface area contributed by atoms with Gasteiger partial charge in [0.15, 0.2) is 0 Å². The SMILES string of the molecule is CCc1ccc2occ(CC(=O)N3CCN(c4cnn(C)c(=O)c4)CC3)c2c1. The van der Waals surface area contributed by atoms with Crippen molar-refractivity contribution in [2.75, 3.05) is 31.1 Å². The molecule has 0 bridgehead atoms. The number of anilines is 1. The third-order valence-electron chi connectivity index (χ3n) is 5.42. The van der Waals surface area contributed by atoms with Crippen molar-refractivity contribution >= 4 is 22.6 Å². The zero-order valence-corrected chi connectivity index (χ0v) is 16.2. The van der Waals surface area contributed by atoms with Gasteiger partial charge in [-0.1, -0.05) is 13.0 Å². The molecule has 0 unspecified atom stereocenters. The van der Waals surface area contributed by atoms with Crippen molar-refractivity contribution in [3.05, 3.63) is 58.2 Å². The van der Waals surface area contributed by atoms with Gasteiger partial charge in [-0.05, 0) is 24.1 Å². The fraction of sp³-hybridized carbons (Fsp3) is 0.381. The van der Waals surface area contributed by atoms with Crippen molar-refractivity contribution in [1.82, 2.24) is 14.7 Å². The van der Waals surface area contributed by atoms with Gasteiger partial charge in [-0.2, -0.15) is 5.10 Å². The van der Waals surface area contributed by atoms with E-state index in [0.717, 1.165) is 28.6 Å². The van der Waals surface area contributed by atoms with E-state index in [4.69, 9.17) is 4.42 Å². The average molecular weight is 380 g/mol. The highest BCUT2D eigenvalue weighted by Crippen LogP contribution is 2.24. The van der Waals surface area contributed by atoms with Gasteiger partial charge in [-0.25, -0.2) is 4.68 Å². The number of rotatable bonds is 4.